The number of piperidine rings is 1. The lowest BCUT2D eigenvalue weighted by Gasteiger charge is -2.29. The number of anilines is 1. The lowest BCUT2D eigenvalue weighted by molar-refractivity contribution is -0.136. The number of carbonyl (C=O) groups excluding carboxylic acids is 4. The molecular formula is C26H27N5O4. The molecule has 0 saturated carbocycles. The van der Waals surface area contributed by atoms with Crippen LogP contribution in [0.15, 0.2) is 48.7 Å². The van der Waals surface area contributed by atoms with Crippen molar-refractivity contribution in [3.8, 4) is 0 Å². The molecule has 2 aromatic carbocycles. The second kappa shape index (κ2) is 8.90. The van der Waals surface area contributed by atoms with Gasteiger partial charge in [0.25, 0.3) is 5.91 Å². The highest BCUT2D eigenvalue weighted by Crippen LogP contribution is 2.28. The summed E-state index contributed by atoms with van der Waals surface area (Å²) in [5.74, 6) is -0.974. The van der Waals surface area contributed by atoms with E-state index in [4.69, 9.17) is 0 Å². The molecule has 2 aliphatic heterocycles. The summed E-state index contributed by atoms with van der Waals surface area (Å²) < 4.78 is 2.15. The van der Waals surface area contributed by atoms with E-state index in [0.717, 1.165) is 22.0 Å². The predicted molar refractivity (Wildman–Crippen MR) is 131 cm³/mol. The van der Waals surface area contributed by atoms with Gasteiger partial charge in [-0.15, -0.1) is 0 Å². The molecule has 0 spiro atoms. The van der Waals surface area contributed by atoms with Crippen molar-refractivity contribution in [3.05, 3.63) is 65.4 Å². The highest BCUT2D eigenvalue weighted by atomic mass is 16.2. The average Bonchev–Trinajstić information content (AvgIpc) is 3.39. The van der Waals surface area contributed by atoms with Gasteiger partial charge in [0.05, 0.1) is 5.52 Å². The smallest absolute Gasteiger partial charge is 0.319 e. The fourth-order valence-corrected chi connectivity index (χ4v) is 4.75. The molecule has 1 saturated heterocycles. The number of rotatable bonds is 5. The maximum atomic E-state index is 13.0. The van der Waals surface area contributed by atoms with Crippen LogP contribution in [-0.2, 0) is 22.7 Å². The Kier molecular flexibility index (Phi) is 5.76. The molecule has 9 nitrogen and oxygen atoms in total. The van der Waals surface area contributed by atoms with Gasteiger partial charge in [0, 0.05) is 43.0 Å². The maximum absolute atomic E-state index is 13.0. The Balaban J connectivity index is 1.22. The van der Waals surface area contributed by atoms with E-state index in [1.165, 1.54) is 4.90 Å². The molecule has 0 bridgehead atoms. The molecule has 1 unspecified atom stereocenters. The third-order valence-electron chi connectivity index (χ3n) is 6.58. The van der Waals surface area contributed by atoms with Crippen LogP contribution in [-0.4, -0.2) is 39.3 Å². The zero-order valence-electron chi connectivity index (χ0n) is 19.6. The number of fused-ring (bicyclic) bond motifs is 2. The van der Waals surface area contributed by atoms with Gasteiger partial charge in [-0.05, 0) is 61.0 Å². The molecule has 3 N–H and O–H groups in total. The summed E-state index contributed by atoms with van der Waals surface area (Å²) in [6.45, 7) is 4.79. The number of benzene rings is 2. The van der Waals surface area contributed by atoms with E-state index in [2.05, 4.69) is 40.4 Å². The molecule has 0 aliphatic carbocycles. The van der Waals surface area contributed by atoms with Gasteiger partial charge in [0.1, 0.15) is 6.04 Å². The van der Waals surface area contributed by atoms with Crippen LogP contribution in [0, 0.1) is 0 Å². The van der Waals surface area contributed by atoms with E-state index in [-0.39, 0.29) is 30.8 Å². The van der Waals surface area contributed by atoms with Crippen LogP contribution in [0.2, 0.25) is 0 Å². The van der Waals surface area contributed by atoms with Gasteiger partial charge in [0.2, 0.25) is 11.8 Å². The van der Waals surface area contributed by atoms with Crippen molar-refractivity contribution in [1.82, 2.24) is 20.1 Å². The molecule has 1 fully saturated rings. The number of hydrogen-bond donors (Lipinski definition) is 3. The van der Waals surface area contributed by atoms with Crippen molar-refractivity contribution < 1.29 is 19.2 Å². The summed E-state index contributed by atoms with van der Waals surface area (Å²) in [4.78, 5) is 50.7. The van der Waals surface area contributed by atoms with Crippen molar-refractivity contribution in [2.75, 3.05) is 5.32 Å². The second-order valence-electron chi connectivity index (χ2n) is 9.29. The van der Waals surface area contributed by atoms with E-state index >= 15 is 0 Å². The highest BCUT2D eigenvalue weighted by Gasteiger charge is 2.39. The zero-order valence-corrected chi connectivity index (χ0v) is 19.6. The molecule has 3 heterocycles. The molecule has 9 heteroatoms. The summed E-state index contributed by atoms with van der Waals surface area (Å²) in [6.07, 6.45) is 2.58. The Bertz CT molecular complexity index is 1360. The van der Waals surface area contributed by atoms with Crippen molar-refractivity contribution in [2.45, 2.75) is 51.9 Å². The minimum absolute atomic E-state index is 0.219. The minimum atomic E-state index is -0.644. The Morgan fingerprint density at radius 2 is 1.94 bits per heavy atom. The van der Waals surface area contributed by atoms with Crippen LogP contribution in [0.4, 0.5) is 10.5 Å². The normalized spacial score (nSPS) is 17.6. The SMILES string of the molecule is CC(C)n1ccc2ccc(NC(=O)NCc3ccc4c(c3)C(=O)N(C3CCC(=O)NC3=O)C4)cc21. The lowest BCUT2D eigenvalue weighted by atomic mass is 10.0. The fourth-order valence-electron chi connectivity index (χ4n) is 4.75. The average molecular weight is 474 g/mol. The lowest BCUT2D eigenvalue weighted by Crippen LogP contribution is -2.52. The van der Waals surface area contributed by atoms with Crippen LogP contribution in [0.1, 0.15) is 54.2 Å². The monoisotopic (exact) mass is 473 g/mol. The Morgan fingerprint density at radius 3 is 2.71 bits per heavy atom. The molecule has 1 atom stereocenters. The van der Waals surface area contributed by atoms with Crippen molar-refractivity contribution in [3.63, 3.8) is 0 Å². The Morgan fingerprint density at radius 1 is 1.11 bits per heavy atom. The van der Waals surface area contributed by atoms with Crippen LogP contribution in [0.25, 0.3) is 10.9 Å². The molecule has 1 aromatic heterocycles. The zero-order chi connectivity index (χ0) is 24.7. The number of carbonyl (C=O) groups is 4. The number of amides is 5. The van der Waals surface area contributed by atoms with Gasteiger partial charge in [-0.25, -0.2) is 4.79 Å². The fraction of sp³-hybridized carbons (Fsp3) is 0.308. The number of nitrogens with zero attached hydrogens (tertiary/aromatic N) is 2. The van der Waals surface area contributed by atoms with Crippen LogP contribution in [0.5, 0.6) is 0 Å². The minimum Gasteiger partial charge on any atom is -0.345 e. The summed E-state index contributed by atoms with van der Waals surface area (Å²) in [7, 11) is 0. The molecule has 2 aliphatic rings. The molecule has 5 amide bonds. The standard InChI is InChI=1S/C26H27N5O4/c1-15(2)30-10-9-17-5-6-19(12-22(17)30)28-26(35)27-13-16-3-4-18-14-31(25(34)20(18)11-16)21-7-8-23(32)29-24(21)33/h3-6,9-12,15,21H,7-8,13-14H2,1-2H3,(H2,27,28,35)(H,29,32,33). The van der Waals surface area contributed by atoms with Gasteiger partial charge in [-0.2, -0.15) is 0 Å². The molecule has 180 valence electrons. The first-order chi connectivity index (χ1) is 16.8. The highest BCUT2D eigenvalue weighted by molar-refractivity contribution is 6.05. The molecular weight excluding hydrogens is 446 g/mol. The maximum Gasteiger partial charge on any atom is 0.319 e. The summed E-state index contributed by atoms with van der Waals surface area (Å²) in [5, 5.41) is 9.12. The van der Waals surface area contributed by atoms with E-state index in [1.54, 1.807) is 6.07 Å². The van der Waals surface area contributed by atoms with E-state index in [1.807, 2.05) is 36.5 Å². The largest absolute Gasteiger partial charge is 0.345 e. The molecule has 35 heavy (non-hydrogen) atoms. The van der Waals surface area contributed by atoms with Crippen molar-refractivity contribution in [1.29, 1.82) is 0 Å². The number of hydrogen-bond acceptors (Lipinski definition) is 4. The number of urea groups is 1. The van der Waals surface area contributed by atoms with Crippen molar-refractivity contribution in [2.24, 2.45) is 0 Å². The second-order valence-corrected chi connectivity index (χ2v) is 9.29. The predicted octanol–water partition coefficient (Wildman–Crippen LogP) is 3.30. The van der Waals surface area contributed by atoms with E-state index in [0.29, 0.717) is 30.3 Å². The Hall–Kier alpha value is -4.14. The third kappa shape index (κ3) is 4.37. The first-order valence-corrected chi connectivity index (χ1v) is 11.7. The van der Waals surface area contributed by atoms with Gasteiger partial charge in [-0.1, -0.05) is 18.2 Å². The van der Waals surface area contributed by atoms with E-state index < -0.39 is 11.9 Å². The first kappa shape index (κ1) is 22.6. The summed E-state index contributed by atoms with van der Waals surface area (Å²) in [6, 6.07) is 12.6. The van der Waals surface area contributed by atoms with E-state index in [9.17, 15) is 19.2 Å². The number of imide groups is 1. The molecule has 0 radical (unpaired) electrons. The number of aromatic nitrogens is 1. The van der Waals surface area contributed by atoms with Crippen LogP contribution in [0.3, 0.4) is 0 Å². The van der Waals surface area contributed by atoms with Gasteiger partial charge in [0.15, 0.2) is 0 Å². The van der Waals surface area contributed by atoms with Crippen molar-refractivity contribution >= 4 is 40.3 Å². The molecule has 3 aromatic rings. The summed E-state index contributed by atoms with van der Waals surface area (Å²) in [5.41, 5.74) is 3.88. The van der Waals surface area contributed by atoms with Gasteiger partial charge >= 0.3 is 6.03 Å². The number of nitrogens with one attached hydrogen (secondary N) is 3. The van der Waals surface area contributed by atoms with Gasteiger partial charge in [-0.3, -0.25) is 19.7 Å². The summed E-state index contributed by atoms with van der Waals surface area (Å²) >= 11 is 0. The van der Waals surface area contributed by atoms with Crippen LogP contribution >= 0.6 is 0 Å². The first-order valence-electron chi connectivity index (χ1n) is 11.7. The quantitative estimate of drug-likeness (QED) is 0.494. The third-order valence-corrected chi connectivity index (χ3v) is 6.58. The van der Waals surface area contributed by atoms with Crippen LogP contribution < -0.4 is 16.0 Å². The van der Waals surface area contributed by atoms with Gasteiger partial charge < -0.3 is 20.1 Å². The topological polar surface area (TPSA) is 113 Å². The Labute approximate surface area is 202 Å². The molecule has 5 rings (SSSR count).